The Morgan fingerprint density at radius 2 is 2.00 bits per heavy atom. The van der Waals surface area contributed by atoms with Crippen molar-refractivity contribution in [2.75, 3.05) is 19.0 Å². The Labute approximate surface area is 112 Å². The Balaban J connectivity index is 2.04. The normalized spacial score (nSPS) is 12.1. The Kier molecular flexibility index (Phi) is 4.36. The first-order valence-electron chi connectivity index (χ1n) is 6.17. The molecule has 1 unspecified atom stereocenters. The predicted octanol–water partition coefficient (Wildman–Crippen LogP) is 2.18. The molecule has 19 heavy (non-hydrogen) atoms. The molecule has 0 saturated carbocycles. The van der Waals surface area contributed by atoms with Crippen LogP contribution in [0.25, 0.3) is 10.8 Å². The summed E-state index contributed by atoms with van der Waals surface area (Å²) in [6.45, 7) is 0.309. The third-order valence-corrected chi connectivity index (χ3v) is 2.95. The number of rotatable bonds is 5. The average Bonchev–Trinajstić information content (AvgIpc) is 2.44. The second kappa shape index (κ2) is 6.20. The molecule has 0 aliphatic rings. The second-order valence-corrected chi connectivity index (χ2v) is 4.34. The summed E-state index contributed by atoms with van der Waals surface area (Å²) in [4.78, 5) is 11.0. The third-order valence-electron chi connectivity index (χ3n) is 2.95. The van der Waals surface area contributed by atoms with Gasteiger partial charge in [-0.25, -0.2) is 0 Å². The molecule has 2 aromatic carbocycles. The molecular formula is C15H17NO3. The van der Waals surface area contributed by atoms with Crippen molar-refractivity contribution in [3.63, 3.8) is 0 Å². The van der Waals surface area contributed by atoms with Gasteiger partial charge >= 0.3 is 5.97 Å². The van der Waals surface area contributed by atoms with E-state index in [9.17, 15) is 9.90 Å². The van der Waals surface area contributed by atoms with Crippen LogP contribution in [0.1, 0.15) is 6.42 Å². The molecule has 0 heterocycles. The van der Waals surface area contributed by atoms with Crippen LogP contribution in [0, 0.1) is 0 Å². The maximum absolute atomic E-state index is 11.0. The lowest BCUT2D eigenvalue weighted by Gasteiger charge is -2.13. The minimum atomic E-state index is -0.758. The van der Waals surface area contributed by atoms with Gasteiger partial charge in [-0.05, 0) is 11.5 Å². The van der Waals surface area contributed by atoms with Crippen LogP contribution in [0.15, 0.2) is 42.5 Å². The molecule has 2 N–H and O–H groups in total. The van der Waals surface area contributed by atoms with E-state index in [1.807, 2.05) is 42.5 Å². The van der Waals surface area contributed by atoms with Gasteiger partial charge in [0.05, 0.1) is 19.6 Å². The van der Waals surface area contributed by atoms with Crippen molar-refractivity contribution in [1.29, 1.82) is 0 Å². The minimum absolute atomic E-state index is 0.00569. The number of carbonyl (C=O) groups excluding carboxylic acids is 1. The summed E-state index contributed by atoms with van der Waals surface area (Å²) in [5, 5.41) is 15.1. The first-order valence-corrected chi connectivity index (χ1v) is 6.17. The molecule has 0 spiro atoms. The van der Waals surface area contributed by atoms with E-state index >= 15 is 0 Å². The standard InChI is InChI=1S/C15H17NO3/c1-19-15(18)9-12(17)10-16-14-8-4-6-11-5-2-3-7-13(11)14/h2-8,12,16-17H,9-10H2,1H3. The van der Waals surface area contributed by atoms with Crippen LogP contribution in [0.4, 0.5) is 5.69 Å². The number of hydrogen-bond acceptors (Lipinski definition) is 4. The van der Waals surface area contributed by atoms with Gasteiger partial charge in [0.15, 0.2) is 0 Å². The lowest BCUT2D eigenvalue weighted by atomic mass is 10.1. The van der Waals surface area contributed by atoms with E-state index < -0.39 is 12.1 Å². The van der Waals surface area contributed by atoms with Crippen LogP contribution in [0.2, 0.25) is 0 Å². The molecule has 1 atom stereocenters. The van der Waals surface area contributed by atoms with Crippen LogP contribution in [0.3, 0.4) is 0 Å². The number of fused-ring (bicyclic) bond motifs is 1. The number of nitrogens with one attached hydrogen (secondary N) is 1. The molecule has 2 rings (SSSR count). The molecule has 0 bridgehead atoms. The maximum Gasteiger partial charge on any atom is 0.308 e. The largest absolute Gasteiger partial charge is 0.469 e. The van der Waals surface area contributed by atoms with Crippen molar-refractivity contribution < 1.29 is 14.6 Å². The highest BCUT2D eigenvalue weighted by atomic mass is 16.5. The quantitative estimate of drug-likeness (QED) is 0.808. The molecule has 4 heteroatoms. The van der Waals surface area contributed by atoms with Crippen LogP contribution >= 0.6 is 0 Å². The lowest BCUT2D eigenvalue weighted by Crippen LogP contribution is -2.23. The summed E-state index contributed by atoms with van der Waals surface area (Å²) in [5.41, 5.74) is 0.946. The van der Waals surface area contributed by atoms with Crippen LogP contribution in [0.5, 0.6) is 0 Å². The van der Waals surface area contributed by atoms with Gasteiger partial charge in [-0.2, -0.15) is 0 Å². The molecular weight excluding hydrogens is 242 g/mol. The highest BCUT2D eigenvalue weighted by molar-refractivity contribution is 5.93. The van der Waals surface area contributed by atoms with Crippen molar-refractivity contribution in [2.24, 2.45) is 0 Å². The molecule has 0 fully saturated rings. The van der Waals surface area contributed by atoms with E-state index in [1.54, 1.807) is 0 Å². The number of benzene rings is 2. The zero-order valence-electron chi connectivity index (χ0n) is 10.8. The number of ether oxygens (including phenoxy) is 1. The van der Waals surface area contributed by atoms with Gasteiger partial charge in [0.2, 0.25) is 0 Å². The zero-order chi connectivity index (χ0) is 13.7. The summed E-state index contributed by atoms with van der Waals surface area (Å²) in [7, 11) is 1.31. The van der Waals surface area contributed by atoms with E-state index in [-0.39, 0.29) is 6.42 Å². The maximum atomic E-state index is 11.0. The number of esters is 1. The molecule has 0 saturated heterocycles. The second-order valence-electron chi connectivity index (χ2n) is 4.34. The number of hydrogen-bond donors (Lipinski definition) is 2. The minimum Gasteiger partial charge on any atom is -0.469 e. The monoisotopic (exact) mass is 259 g/mol. The highest BCUT2D eigenvalue weighted by Gasteiger charge is 2.11. The van der Waals surface area contributed by atoms with E-state index in [2.05, 4.69) is 10.1 Å². The van der Waals surface area contributed by atoms with Crippen molar-refractivity contribution in [3.05, 3.63) is 42.5 Å². The van der Waals surface area contributed by atoms with Gasteiger partial charge in [0.1, 0.15) is 0 Å². The van der Waals surface area contributed by atoms with Crippen molar-refractivity contribution >= 4 is 22.4 Å². The first-order chi connectivity index (χ1) is 9.20. The molecule has 0 aromatic heterocycles. The predicted molar refractivity (Wildman–Crippen MR) is 75.1 cm³/mol. The summed E-state index contributed by atoms with van der Waals surface area (Å²) in [6.07, 6.45) is -0.764. The van der Waals surface area contributed by atoms with Gasteiger partial charge in [-0.1, -0.05) is 36.4 Å². The average molecular weight is 259 g/mol. The highest BCUT2D eigenvalue weighted by Crippen LogP contribution is 2.22. The van der Waals surface area contributed by atoms with Crippen LogP contribution in [-0.2, 0) is 9.53 Å². The Morgan fingerprint density at radius 1 is 1.26 bits per heavy atom. The number of carbonyl (C=O) groups is 1. The lowest BCUT2D eigenvalue weighted by molar-refractivity contribution is -0.142. The fourth-order valence-corrected chi connectivity index (χ4v) is 1.96. The van der Waals surface area contributed by atoms with Gasteiger partial charge in [0.25, 0.3) is 0 Å². The van der Waals surface area contributed by atoms with E-state index in [0.717, 1.165) is 16.5 Å². The fourth-order valence-electron chi connectivity index (χ4n) is 1.96. The summed E-state index contributed by atoms with van der Waals surface area (Å²) in [5.74, 6) is -0.410. The van der Waals surface area contributed by atoms with Crippen molar-refractivity contribution in [2.45, 2.75) is 12.5 Å². The summed E-state index contributed by atoms with van der Waals surface area (Å²) >= 11 is 0. The number of methoxy groups -OCH3 is 1. The van der Waals surface area contributed by atoms with E-state index in [0.29, 0.717) is 6.54 Å². The number of anilines is 1. The van der Waals surface area contributed by atoms with Crippen molar-refractivity contribution in [1.82, 2.24) is 0 Å². The van der Waals surface area contributed by atoms with Crippen LogP contribution < -0.4 is 5.32 Å². The molecule has 0 aliphatic carbocycles. The van der Waals surface area contributed by atoms with Gasteiger partial charge in [-0.3, -0.25) is 4.79 Å². The summed E-state index contributed by atoms with van der Waals surface area (Å²) in [6, 6.07) is 13.9. The molecule has 2 aromatic rings. The third kappa shape index (κ3) is 3.45. The van der Waals surface area contributed by atoms with E-state index in [1.165, 1.54) is 7.11 Å². The molecule has 0 aliphatic heterocycles. The van der Waals surface area contributed by atoms with E-state index in [4.69, 9.17) is 0 Å². The van der Waals surface area contributed by atoms with Gasteiger partial charge in [-0.15, -0.1) is 0 Å². The molecule has 0 radical (unpaired) electrons. The molecule has 4 nitrogen and oxygen atoms in total. The van der Waals surface area contributed by atoms with Crippen LogP contribution in [-0.4, -0.2) is 30.8 Å². The Morgan fingerprint density at radius 3 is 2.79 bits per heavy atom. The van der Waals surface area contributed by atoms with Gasteiger partial charge in [0, 0.05) is 17.6 Å². The fraction of sp³-hybridized carbons (Fsp3) is 0.267. The van der Waals surface area contributed by atoms with Gasteiger partial charge < -0.3 is 15.2 Å². The van der Waals surface area contributed by atoms with Crippen molar-refractivity contribution in [3.8, 4) is 0 Å². The molecule has 100 valence electrons. The number of aliphatic hydroxyl groups excluding tert-OH is 1. The Bertz CT molecular complexity index is 563. The smallest absolute Gasteiger partial charge is 0.308 e. The Hall–Kier alpha value is -2.07. The zero-order valence-corrected chi connectivity index (χ0v) is 10.8. The first kappa shape index (κ1) is 13.4. The number of aliphatic hydroxyl groups is 1. The molecule has 0 amide bonds. The topological polar surface area (TPSA) is 58.6 Å². The SMILES string of the molecule is COC(=O)CC(O)CNc1cccc2ccccc12. The summed E-state index contributed by atoms with van der Waals surface area (Å²) < 4.78 is 4.52.